The van der Waals surface area contributed by atoms with Crippen LogP contribution < -0.4 is 9.64 Å². The van der Waals surface area contributed by atoms with Crippen molar-refractivity contribution in [2.45, 2.75) is 12.5 Å². The van der Waals surface area contributed by atoms with Gasteiger partial charge < -0.3 is 9.64 Å². The smallest absolute Gasteiger partial charge is 0.123 e. The van der Waals surface area contributed by atoms with E-state index >= 15 is 0 Å². The Kier molecular flexibility index (Phi) is 4.14. The number of hydrogen-bond donors (Lipinski definition) is 0. The molecule has 4 rings (SSSR count). The maximum Gasteiger partial charge on any atom is 0.123 e. The highest BCUT2D eigenvalue weighted by Crippen LogP contribution is 2.38. The van der Waals surface area contributed by atoms with E-state index in [2.05, 4.69) is 41.3 Å². The van der Waals surface area contributed by atoms with Gasteiger partial charge in [0.25, 0.3) is 0 Å². The summed E-state index contributed by atoms with van der Waals surface area (Å²) >= 11 is 0. The van der Waals surface area contributed by atoms with Crippen molar-refractivity contribution in [1.82, 2.24) is 0 Å². The lowest BCUT2D eigenvalue weighted by molar-refractivity contribution is 0.414. The summed E-state index contributed by atoms with van der Waals surface area (Å²) in [7, 11) is 1.67. The summed E-state index contributed by atoms with van der Waals surface area (Å²) in [5.74, 6) is 0.642. The zero-order valence-corrected chi connectivity index (χ0v) is 14.2. The van der Waals surface area contributed by atoms with Gasteiger partial charge in [-0.15, -0.1) is 0 Å². The van der Waals surface area contributed by atoms with Crippen LogP contribution in [0.5, 0.6) is 5.75 Å². The Hall–Kier alpha value is -2.81. The van der Waals surface area contributed by atoms with Gasteiger partial charge >= 0.3 is 0 Å². The highest BCUT2D eigenvalue weighted by Gasteiger charge is 2.28. The number of ether oxygens (including phenoxy) is 1. The first-order valence-corrected chi connectivity index (χ1v) is 8.50. The molecule has 126 valence electrons. The van der Waals surface area contributed by atoms with Gasteiger partial charge in [-0.3, -0.25) is 0 Å². The fourth-order valence-electron chi connectivity index (χ4n) is 3.62. The van der Waals surface area contributed by atoms with Crippen LogP contribution in [-0.2, 0) is 6.42 Å². The minimum Gasteiger partial charge on any atom is -0.497 e. The number of hydrogen-bond acceptors (Lipinski definition) is 2. The van der Waals surface area contributed by atoms with Crippen LogP contribution in [0.2, 0.25) is 0 Å². The molecule has 0 amide bonds. The first-order valence-electron chi connectivity index (χ1n) is 8.50. The van der Waals surface area contributed by atoms with Gasteiger partial charge in [-0.25, -0.2) is 4.39 Å². The molecule has 0 fully saturated rings. The van der Waals surface area contributed by atoms with Crippen LogP contribution in [0.4, 0.5) is 10.1 Å². The van der Waals surface area contributed by atoms with Gasteiger partial charge in [0.2, 0.25) is 0 Å². The fourth-order valence-corrected chi connectivity index (χ4v) is 3.62. The molecule has 3 aromatic rings. The molecule has 0 bridgehead atoms. The molecular formula is C22H20FNO. The van der Waals surface area contributed by atoms with E-state index in [4.69, 9.17) is 4.74 Å². The van der Waals surface area contributed by atoms with Crippen molar-refractivity contribution in [1.29, 1.82) is 0 Å². The Bertz CT molecular complexity index is 858. The Morgan fingerprint density at radius 2 is 1.64 bits per heavy atom. The average molecular weight is 333 g/mol. The predicted octanol–water partition coefficient (Wildman–Crippen LogP) is 4.99. The molecule has 0 aliphatic carbocycles. The van der Waals surface area contributed by atoms with Crippen LogP contribution in [0.15, 0.2) is 72.8 Å². The van der Waals surface area contributed by atoms with Crippen molar-refractivity contribution in [3.05, 3.63) is 95.3 Å². The van der Waals surface area contributed by atoms with Crippen LogP contribution >= 0.6 is 0 Å². The lowest BCUT2D eigenvalue weighted by Gasteiger charge is -2.39. The second-order valence-corrected chi connectivity index (χ2v) is 6.29. The largest absolute Gasteiger partial charge is 0.497 e. The second-order valence-electron chi connectivity index (χ2n) is 6.29. The van der Waals surface area contributed by atoms with Crippen LogP contribution in [0, 0.1) is 5.82 Å². The molecule has 0 saturated carbocycles. The Morgan fingerprint density at radius 1 is 0.920 bits per heavy atom. The van der Waals surface area contributed by atoms with Gasteiger partial charge in [0, 0.05) is 12.2 Å². The Labute approximate surface area is 147 Å². The Balaban J connectivity index is 1.80. The lowest BCUT2D eigenvalue weighted by atomic mass is 9.88. The molecule has 0 spiro atoms. The van der Waals surface area contributed by atoms with E-state index in [1.807, 2.05) is 24.3 Å². The fraction of sp³-hybridized carbons (Fsp3) is 0.182. The summed E-state index contributed by atoms with van der Waals surface area (Å²) in [6, 6.07) is 23.6. The third-order valence-electron chi connectivity index (χ3n) is 4.87. The SMILES string of the molecule is COc1ccc(N2CCc3ccccc3C2c2ccc(F)cc2)cc1. The molecular weight excluding hydrogens is 313 g/mol. The molecule has 0 radical (unpaired) electrons. The summed E-state index contributed by atoms with van der Waals surface area (Å²) in [6.45, 7) is 0.922. The number of fused-ring (bicyclic) bond motifs is 1. The van der Waals surface area contributed by atoms with Gasteiger partial charge in [0.15, 0.2) is 0 Å². The summed E-state index contributed by atoms with van der Waals surface area (Å²) in [4.78, 5) is 2.38. The highest BCUT2D eigenvalue weighted by atomic mass is 19.1. The summed E-state index contributed by atoms with van der Waals surface area (Å²) in [5, 5.41) is 0. The van der Waals surface area contributed by atoms with Gasteiger partial charge in [-0.1, -0.05) is 36.4 Å². The standard InChI is InChI=1S/C22H20FNO/c1-25-20-12-10-19(11-13-20)24-15-14-16-4-2-3-5-21(16)22(24)17-6-8-18(23)9-7-17/h2-13,22H,14-15H2,1H3. The van der Waals surface area contributed by atoms with Gasteiger partial charge in [0.1, 0.15) is 11.6 Å². The maximum atomic E-state index is 13.4. The van der Waals surface area contributed by atoms with Crippen LogP contribution in [-0.4, -0.2) is 13.7 Å². The van der Waals surface area contributed by atoms with Gasteiger partial charge in [-0.05, 0) is 59.5 Å². The molecule has 0 aromatic heterocycles. The van der Waals surface area contributed by atoms with E-state index in [0.717, 1.165) is 30.0 Å². The minimum atomic E-state index is -0.205. The molecule has 1 aliphatic rings. The molecule has 0 saturated heterocycles. The number of nitrogens with zero attached hydrogens (tertiary/aromatic N) is 1. The summed E-state index contributed by atoms with van der Waals surface area (Å²) in [5.41, 5.74) is 4.90. The molecule has 0 N–H and O–H groups in total. The van der Waals surface area contributed by atoms with E-state index in [9.17, 15) is 4.39 Å². The number of rotatable bonds is 3. The first kappa shape index (κ1) is 15.7. The van der Waals surface area contributed by atoms with Crippen molar-refractivity contribution in [2.24, 2.45) is 0 Å². The van der Waals surface area contributed by atoms with Crippen LogP contribution in [0.25, 0.3) is 0 Å². The second kappa shape index (κ2) is 6.60. The van der Waals surface area contributed by atoms with E-state index in [-0.39, 0.29) is 11.9 Å². The molecule has 1 atom stereocenters. The van der Waals surface area contributed by atoms with Gasteiger partial charge in [0.05, 0.1) is 13.2 Å². The number of benzene rings is 3. The third-order valence-corrected chi connectivity index (χ3v) is 4.87. The van der Waals surface area contributed by atoms with Crippen molar-refractivity contribution in [2.75, 3.05) is 18.6 Å². The normalized spacial score (nSPS) is 16.4. The third kappa shape index (κ3) is 2.98. The zero-order valence-electron chi connectivity index (χ0n) is 14.2. The van der Waals surface area contributed by atoms with Gasteiger partial charge in [-0.2, -0.15) is 0 Å². The summed E-state index contributed by atoms with van der Waals surface area (Å²) < 4.78 is 18.7. The first-order chi connectivity index (χ1) is 12.3. The monoisotopic (exact) mass is 333 g/mol. The van der Waals surface area contributed by atoms with Crippen LogP contribution in [0.1, 0.15) is 22.7 Å². The average Bonchev–Trinajstić information content (AvgIpc) is 2.68. The summed E-state index contributed by atoms with van der Waals surface area (Å²) in [6.07, 6.45) is 1.000. The topological polar surface area (TPSA) is 12.5 Å². The molecule has 1 aliphatic heterocycles. The molecule has 2 nitrogen and oxygen atoms in total. The highest BCUT2D eigenvalue weighted by molar-refractivity contribution is 5.57. The van der Waals surface area contributed by atoms with E-state index in [1.165, 1.54) is 11.1 Å². The zero-order chi connectivity index (χ0) is 17.2. The van der Waals surface area contributed by atoms with Crippen molar-refractivity contribution in [3.8, 4) is 5.75 Å². The van der Waals surface area contributed by atoms with E-state index in [1.54, 1.807) is 19.2 Å². The molecule has 3 aromatic carbocycles. The quantitative estimate of drug-likeness (QED) is 0.670. The molecule has 3 heteroatoms. The maximum absolute atomic E-state index is 13.4. The molecule has 25 heavy (non-hydrogen) atoms. The number of halogens is 1. The number of methoxy groups -OCH3 is 1. The predicted molar refractivity (Wildman–Crippen MR) is 98.7 cm³/mol. The lowest BCUT2D eigenvalue weighted by Crippen LogP contribution is -2.36. The van der Waals surface area contributed by atoms with Crippen molar-refractivity contribution in [3.63, 3.8) is 0 Å². The Morgan fingerprint density at radius 3 is 2.36 bits per heavy atom. The van der Waals surface area contributed by atoms with E-state index < -0.39 is 0 Å². The number of anilines is 1. The van der Waals surface area contributed by atoms with Crippen LogP contribution in [0.3, 0.4) is 0 Å². The molecule has 1 unspecified atom stereocenters. The van der Waals surface area contributed by atoms with Crippen molar-refractivity contribution >= 4 is 5.69 Å². The molecule has 1 heterocycles. The van der Waals surface area contributed by atoms with Crippen molar-refractivity contribution < 1.29 is 9.13 Å². The van der Waals surface area contributed by atoms with E-state index in [0.29, 0.717) is 0 Å². The minimum absolute atomic E-state index is 0.0824.